The van der Waals surface area contributed by atoms with Gasteiger partial charge in [-0.2, -0.15) is 0 Å². The van der Waals surface area contributed by atoms with E-state index >= 15 is 0 Å². The molecule has 0 saturated heterocycles. The minimum atomic E-state index is 0.0319. The maximum Gasteiger partial charge on any atom is 0.305 e. The lowest BCUT2D eigenvalue weighted by Crippen LogP contribution is -2.14. The lowest BCUT2D eigenvalue weighted by atomic mass is 9.97. The molecular weight excluding hydrogens is 440 g/mol. The standard InChI is InChI=1S/C34H68O2/c1-4-7-9-10-11-12-13-14-15-16-17-18-19-20-21-22-23-24-25-26-28-31-34(35)36-32-33(29-6-3)30-27-8-5-2/h33H,4-32H2,1-3H3. The van der Waals surface area contributed by atoms with E-state index < -0.39 is 0 Å². The van der Waals surface area contributed by atoms with Crippen LogP contribution in [-0.2, 0) is 9.53 Å². The van der Waals surface area contributed by atoms with Crippen LogP contribution in [0, 0.1) is 5.92 Å². The number of hydrogen-bond acceptors (Lipinski definition) is 2. The summed E-state index contributed by atoms with van der Waals surface area (Å²) in [4.78, 5) is 12.1. The molecule has 0 aliphatic heterocycles. The smallest absolute Gasteiger partial charge is 0.305 e. The molecule has 0 N–H and O–H groups in total. The summed E-state index contributed by atoms with van der Waals surface area (Å²) < 4.78 is 5.59. The van der Waals surface area contributed by atoms with E-state index in [0.29, 0.717) is 18.9 Å². The average Bonchev–Trinajstić information content (AvgIpc) is 2.88. The van der Waals surface area contributed by atoms with Crippen LogP contribution in [0.2, 0.25) is 0 Å². The summed E-state index contributed by atoms with van der Waals surface area (Å²) in [7, 11) is 0. The summed E-state index contributed by atoms with van der Waals surface area (Å²) in [5.74, 6) is 0.606. The molecule has 0 saturated carbocycles. The quantitative estimate of drug-likeness (QED) is 0.0712. The first-order chi connectivity index (χ1) is 17.7. The highest BCUT2D eigenvalue weighted by atomic mass is 16.5. The van der Waals surface area contributed by atoms with Crippen LogP contribution in [0.25, 0.3) is 0 Å². The largest absolute Gasteiger partial charge is 0.465 e. The summed E-state index contributed by atoms with van der Waals surface area (Å²) >= 11 is 0. The summed E-state index contributed by atoms with van der Waals surface area (Å²) in [6.45, 7) is 7.42. The number of ether oxygens (including phenoxy) is 1. The molecule has 0 bridgehead atoms. The molecule has 36 heavy (non-hydrogen) atoms. The van der Waals surface area contributed by atoms with Gasteiger partial charge in [0.2, 0.25) is 0 Å². The fourth-order valence-corrected chi connectivity index (χ4v) is 5.39. The average molecular weight is 509 g/mol. The monoisotopic (exact) mass is 509 g/mol. The van der Waals surface area contributed by atoms with Gasteiger partial charge in [-0.05, 0) is 25.2 Å². The van der Waals surface area contributed by atoms with E-state index in [0.717, 1.165) is 6.42 Å². The Labute approximate surface area is 228 Å². The minimum Gasteiger partial charge on any atom is -0.465 e. The van der Waals surface area contributed by atoms with Crippen LogP contribution in [0.15, 0.2) is 0 Å². The van der Waals surface area contributed by atoms with Crippen molar-refractivity contribution in [1.29, 1.82) is 0 Å². The van der Waals surface area contributed by atoms with Gasteiger partial charge in [0.1, 0.15) is 0 Å². The first-order valence-corrected chi connectivity index (χ1v) is 16.9. The topological polar surface area (TPSA) is 26.3 Å². The SMILES string of the molecule is CCCCCCCCCCCCCCCCCCCCCCCC(=O)OCC(CCC)CCCCC. The van der Waals surface area contributed by atoms with Gasteiger partial charge in [-0.1, -0.05) is 175 Å². The Bertz CT molecular complexity index is 419. The molecule has 0 aromatic heterocycles. The van der Waals surface area contributed by atoms with E-state index in [1.54, 1.807) is 0 Å². The van der Waals surface area contributed by atoms with E-state index in [2.05, 4.69) is 20.8 Å². The first-order valence-electron chi connectivity index (χ1n) is 16.9. The van der Waals surface area contributed by atoms with Crippen LogP contribution in [-0.4, -0.2) is 12.6 Å². The Kier molecular flexibility index (Phi) is 30.2. The second kappa shape index (κ2) is 30.7. The fourth-order valence-electron chi connectivity index (χ4n) is 5.39. The van der Waals surface area contributed by atoms with Crippen molar-refractivity contribution in [3.05, 3.63) is 0 Å². The van der Waals surface area contributed by atoms with E-state index in [1.807, 2.05) is 0 Å². The van der Waals surface area contributed by atoms with Crippen molar-refractivity contribution in [2.75, 3.05) is 6.61 Å². The lowest BCUT2D eigenvalue weighted by Gasteiger charge is -2.16. The van der Waals surface area contributed by atoms with Gasteiger partial charge < -0.3 is 4.74 Å². The van der Waals surface area contributed by atoms with Crippen molar-refractivity contribution in [3.63, 3.8) is 0 Å². The highest BCUT2D eigenvalue weighted by Crippen LogP contribution is 2.18. The lowest BCUT2D eigenvalue weighted by molar-refractivity contribution is -0.145. The van der Waals surface area contributed by atoms with Crippen LogP contribution in [0.4, 0.5) is 0 Å². The number of carbonyl (C=O) groups is 1. The third-order valence-corrected chi connectivity index (χ3v) is 7.88. The van der Waals surface area contributed by atoms with Crippen molar-refractivity contribution in [2.24, 2.45) is 5.92 Å². The predicted molar refractivity (Wildman–Crippen MR) is 161 cm³/mol. The number of carbonyl (C=O) groups excluding carboxylic acids is 1. The highest BCUT2D eigenvalue weighted by Gasteiger charge is 2.11. The van der Waals surface area contributed by atoms with E-state index in [4.69, 9.17) is 4.74 Å². The van der Waals surface area contributed by atoms with Gasteiger partial charge in [-0.3, -0.25) is 4.79 Å². The molecular formula is C34H68O2. The van der Waals surface area contributed by atoms with Gasteiger partial charge in [0, 0.05) is 6.42 Å². The molecule has 0 amide bonds. The van der Waals surface area contributed by atoms with Gasteiger partial charge in [0.25, 0.3) is 0 Å². The molecule has 2 nitrogen and oxygen atoms in total. The molecule has 2 heteroatoms. The van der Waals surface area contributed by atoms with Crippen molar-refractivity contribution in [2.45, 2.75) is 201 Å². The molecule has 1 atom stereocenters. The number of unbranched alkanes of at least 4 members (excludes halogenated alkanes) is 22. The Hall–Kier alpha value is -0.530. The molecule has 0 fully saturated rings. The third-order valence-electron chi connectivity index (χ3n) is 7.88. The Balaban J connectivity index is 3.29. The van der Waals surface area contributed by atoms with E-state index in [-0.39, 0.29) is 5.97 Å². The molecule has 0 heterocycles. The van der Waals surface area contributed by atoms with Gasteiger partial charge in [0.15, 0.2) is 0 Å². The zero-order chi connectivity index (χ0) is 26.4. The number of hydrogen-bond donors (Lipinski definition) is 0. The van der Waals surface area contributed by atoms with Gasteiger partial charge in [-0.25, -0.2) is 0 Å². The van der Waals surface area contributed by atoms with Gasteiger partial charge in [0.05, 0.1) is 6.61 Å². The van der Waals surface area contributed by atoms with Crippen LogP contribution in [0.5, 0.6) is 0 Å². The van der Waals surface area contributed by atoms with Crippen LogP contribution >= 0.6 is 0 Å². The fraction of sp³-hybridized carbons (Fsp3) is 0.971. The zero-order valence-corrected chi connectivity index (χ0v) is 25.4. The molecule has 0 aliphatic rings. The highest BCUT2D eigenvalue weighted by molar-refractivity contribution is 5.69. The van der Waals surface area contributed by atoms with Crippen LogP contribution in [0.1, 0.15) is 201 Å². The minimum absolute atomic E-state index is 0.0319. The maximum absolute atomic E-state index is 12.1. The molecule has 216 valence electrons. The summed E-state index contributed by atoms with van der Waals surface area (Å²) in [5, 5.41) is 0. The Morgan fingerprint density at radius 2 is 0.806 bits per heavy atom. The number of rotatable bonds is 30. The van der Waals surface area contributed by atoms with Crippen molar-refractivity contribution in [3.8, 4) is 0 Å². The van der Waals surface area contributed by atoms with Crippen molar-refractivity contribution in [1.82, 2.24) is 0 Å². The molecule has 0 aliphatic carbocycles. The summed E-state index contributed by atoms with van der Waals surface area (Å²) in [6.07, 6.45) is 37.3. The van der Waals surface area contributed by atoms with E-state index in [9.17, 15) is 4.79 Å². The molecule has 0 spiro atoms. The molecule has 0 radical (unpaired) electrons. The third kappa shape index (κ3) is 28.0. The molecule has 0 aromatic rings. The summed E-state index contributed by atoms with van der Waals surface area (Å²) in [6, 6.07) is 0. The zero-order valence-electron chi connectivity index (χ0n) is 25.4. The van der Waals surface area contributed by atoms with Gasteiger partial charge in [-0.15, -0.1) is 0 Å². The van der Waals surface area contributed by atoms with Crippen molar-refractivity contribution >= 4 is 5.97 Å². The Morgan fingerprint density at radius 3 is 1.19 bits per heavy atom. The number of esters is 1. The molecule has 1 unspecified atom stereocenters. The first kappa shape index (κ1) is 35.5. The second-order valence-corrected chi connectivity index (χ2v) is 11.7. The van der Waals surface area contributed by atoms with Crippen LogP contribution < -0.4 is 0 Å². The molecule has 0 rings (SSSR count). The maximum atomic E-state index is 12.1. The predicted octanol–water partition coefficient (Wildman–Crippen LogP) is 12.1. The summed E-state index contributed by atoms with van der Waals surface area (Å²) in [5.41, 5.74) is 0. The van der Waals surface area contributed by atoms with E-state index in [1.165, 1.54) is 167 Å². The second-order valence-electron chi connectivity index (χ2n) is 11.7. The Morgan fingerprint density at radius 1 is 0.444 bits per heavy atom. The molecule has 0 aromatic carbocycles. The van der Waals surface area contributed by atoms with Crippen LogP contribution in [0.3, 0.4) is 0 Å². The normalized spacial score (nSPS) is 12.2. The van der Waals surface area contributed by atoms with Gasteiger partial charge >= 0.3 is 5.97 Å². The van der Waals surface area contributed by atoms with Crippen molar-refractivity contribution < 1.29 is 9.53 Å².